The summed E-state index contributed by atoms with van der Waals surface area (Å²) in [4.78, 5) is 38.5. The van der Waals surface area contributed by atoms with Gasteiger partial charge >= 0.3 is 17.9 Å². The molecular formula is C76H136O6. The predicted molar refractivity (Wildman–Crippen MR) is 358 cm³/mol. The number of carbonyl (C=O) groups is 3. The van der Waals surface area contributed by atoms with Crippen molar-refractivity contribution in [3.8, 4) is 0 Å². The van der Waals surface area contributed by atoms with E-state index < -0.39 is 6.10 Å². The number of allylic oxidation sites excluding steroid dienone is 12. The third kappa shape index (κ3) is 67.6. The standard InChI is InChI=1S/C76H136O6/c1-4-7-10-13-16-19-22-25-28-31-34-36-37-38-40-42-45-48-51-54-57-60-63-66-69-75(78)81-72-73(71-80-74(77)68-65-62-59-56-53-50-47-44-41-33-30-27-24-21-18-15-12-9-6-3)82-76(79)70-67-64-61-58-55-52-49-46-43-39-35-32-29-26-23-20-17-14-11-8-5-2/h9,12,18,21,27,30,32,35,41,44,50,53,73H,4-8,10-11,13-17,19-20,22-26,28-29,31,33-34,36-40,42-43,45-49,51-52,54-72H2,1-3H3/b12-9-,21-18-,30-27-,35-32-,44-41-,53-50-. The van der Waals surface area contributed by atoms with Crippen LogP contribution in [0.3, 0.4) is 0 Å². The van der Waals surface area contributed by atoms with Crippen molar-refractivity contribution in [1.29, 1.82) is 0 Å². The molecule has 0 saturated carbocycles. The molecule has 0 radical (unpaired) electrons. The van der Waals surface area contributed by atoms with Gasteiger partial charge in [0.1, 0.15) is 13.2 Å². The summed E-state index contributed by atoms with van der Waals surface area (Å²) in [6, 6.07) is 0. The van der Waals surface area contributed by atoms with E-state index in [4.69, 9.17) is 14.2 Å². The number of esters is 3. The van der Waals surface area contributed by atoms with Gasteiger partial charge in [-0.05, 0) is 89.9 Å². The maximum absolute atomic E-state index is 13.0. The quantitative estimate of drug-likeness (QED) is 0.0261. The van der Waals surface area contributed by atoms with Crippen LogP contribution in [0.15, 0.2) is 72.9 Å². The van der Waals surface area contributed by atoms with Crippen LogP contribution in [0.5, 0.6) is 0 Å². The lowest BCUT2D eigenvalue weighted by Gasteiger charge is -2.18. The maximum atomic E-state index is 13.0. The molecule has 0 spiro atoms. The van der Waals surface area contributed by atoms with Crippen LogP contribution in [-0.2, 0) is 28.6 Å². The number of unbranched alkanes of at least 4 members (excludes halogenated alkanes) is 43. The van der Waals surface area contributed by atoms with Gasteiger partial charge in [-0.15, -0.1) is 0 Å². The van der Waals surface area contributed by atoms with Crippen molar-refractivity contribution in [3.63, 3.8) is 0 Å². The molecule has 0 N–H and O–H groups in total. The largest absolute Gasteiger partial charge is 0.462 e. The van der Waals surface area contributed by atoms with Crippen molar-refractivity contribution >= 4 is 17.9 Å². The minimum Gasteiger partial charge on any atom is -0.462 e. The topological polar surface area (TPSA) is 78.9 Å². The Morgan fingerprint density at radius 2 is 0.476 bits per heavy atom. The molecule has 0 bridgehead atoms. The fourth-order valence-electron chi connectivity index (χ4n) is 10.6. The molecule has 1 unspecified atom stereocenters. The number of ether oxygens (including phenoxy) is 3. The lowest BCUT2D eigenvalue weighted by atomic mass is 10.0. The van der Waals surface area contributed by atoms with E-state index in [1.54, 1.807) is 0 Å². The Morgan fingerprint density at radius 1 is 0.256 bits per heavy atom. The highest BCUT2D eigenvalue weighted by Crippen LogP contribution is 2.18. The SMILES string of the molecule is CC/C=C\C/C=C\C/C=C\C/C=C\C/C=C\CCCCCC(=O)OCC(COC(=O)CCCCCCCCCCCCCCCCCCCCCCCCCC)OC(=O)CCCCCCCCCCC/C=C\CCCCCCCCCC. The Balaban J connectivity index is 4.36. The summed E-state index contributed by atoms with van der Waals surface area (Å²) < 4.78 is 17.0. The van der Waals surface area contributed by atoms with Gasteiger partial charge in [0, 0.05) is 19.3 Å². The third-order valence-electron chi connectivity index (χ3n) is 15.9. The molecule has 1 atom stereocenters. The molecule has 0 amide bonds. The van der Waals surface area contributed by atoms with Crippen molar-refractivity contribution in [2.75, 3.05) is 13.2 Å². The van der Waals surface area contributed by atoms with Gasteiger partial charge in [-0.25, -0.2) is 0 Å². The van der Waals surface area contributed by atoms with Crippen LogP contribution in [0.2, 0.25) is 0 Å². The van der Waals surface area contributed by atoms with Gasteiger partial charge in [0.25, 0.3) is 0 Å². The molecule has 0 saturated heterocycles. The summed E-state index contributed by atoms with van der Waals surface area (Å²) in [5.74, 6) is -0.896. The van der Waals surface area contributed by atoms with E-state index >= 15 is 0 Å². The molecule has 0 aromatic rings. The van der Waals surface area contributed by atoms with Gasteiger partial charge in [-0.1, -0.05) is 338 Å². The number of carbonyl (C=O) groups excluding carboxylic acids is 3. The molecule has 0 aromatic heterocycles. The summed E-state index contributed by atoms with van der Waals surface area (Å²) in [6.07, 6.45) is 92.2. The molecule has 0 aliphatic rings. The first-order chi connectivity index (χ1) is 40.5. The van der Waals surface area contributed by atoms with E-state index in [-0.39, 0.29) is 31.1 Å². The lowest BCUT2D eigenvalue weighted by Crippen LogP contribution is -2.30. The van der Waals surface area contributed by atoms with Gasteiger partial charge in [0.2, 0.25) is 0 Å². The zero-order valence-electron chi connectivity index (χ0n) is 54.8. The highest BCUT2D eigenvalue weighted by Gasteiger charge is 2.19. The van der Waals surface area contributed by atoms with Crippen molar-refractivity contribution < 1.29 is 28.6 Å². The smallest absolute Gasteiger partial charge is 0.306 e. The van der Waals surface area contributed by atoms with Crippen LogP contribution in [-0.4, -0.2) is 37.2 Å². The van der Waals surface area contributed by atoms with E-state index in [1.807, 2.05) is 0 Å². The Hall–Kier alpha value is -3.15. The zero-order valence-corrected chi connectivity index (χ0v) is 54.8. The van der Waals surface area contributed by atoms with Gasteiger partial charge in [0.15, 0.2) is 6.10 Å². The summed E-state index contributed by atoms with van der Waals surface area (Å²) in [5.41, 5.74) is 0. The molecule has 0 aromatic carbocycles. The van der Waals surface area contributed by atoms with Crippen LogP contribution in [0, 0.1) is 0 Å². The Morgan fingerprint density at radius 3 is 0.768 bits per heavy atom. The van der Waals surface area contributed by atoms with Crippen molar-refractivity contribution in [1.82, 2.24) is 0 Å². The number of hydrogen-bond acceptors (Lipinski definition) is 6. The van der Waals surface area contributed by atoms with E-state index in [0.717, 1.165) is 96.3 Å². The predicted octanol–water partition coefficient (Wildman–Crippen LogP) is 24.8. The molecule has 0 rings (SSSR count). The minimum absolute atomic E-state index is 0.0832. The first kappa shape index (κ1) is 78.8. The van der Waals surface area contributed by atoms with E-state index in [9.17, 15) is 14.4 Å². The van der Waals surface area contributed by atoms with Gasteiger partial charge < -0.3 is 14.2 Å². The number of rotatable bonds is 66. The van der Waals surface area contributed by atoms with Crippen LogP contribution < -0.4 is 0 Å². The van der Waals surface area contributed by atoms with Gasteiger partial charge in [-0.2, -0.15) is 0 Å². The van der Waals surface area contributed by atoms with Crippen LogP contribution >= 0.6 is 0 Å². The van der Waals surface area contributed by atoms with Crippen LogP contribution in [0.4, 0.5) is 0 Å². The normalized spacial score (nSPS) is 12.5. The van der Waals surface area contributed by atoms with Gasteiger partial charge in [0.05, 0.1) is 0 Å². The Bertz CT molecular complexity index is 1500. The average Bonchev–Trinajstić information content (AvgIpc) is 3.47. The molecule has 476 valence electrons. The maximum Gasteiger partial charge on any atom is 0.306 e. The van der Waals surface area contributed by atoms with Crippen LogP contribution in [0.25, 0.3) is 0 Å². The Kier molecular flexibility index (Phi) is 67.6. The summed E-state index contributed by atoms with van der Waals surface area (Å²) in [5, 5.41) is 0. The zero-order chi connectivity index (χ0) is 59.2. The molecule has 6 nitrogen and oxygen atoms in total. The highest BCUT2D eigenvalue weighted by atomic mass is 16.6. The van der Waals surface area contributed by atoms with Crippen LogP contribution in [0.1, 0.15) is 374 Å². The first-order valence-corrected chi connectivity index (χ1v) is 35.9. The average molecular weight is 1150 g/mol. The summed E-state index contributed by atoms with van der Waals surface area (Å²) >= 11 is 0. The molecule has 0 fully saturated rings. The molecule has 6 heteroatoms. The van der Waals surface area contributed by atoms with E-state index in [2.05, 4.69) is 93.7 Å². The first-order valence-electron chi connectivity index (χ1n) is 35.9. The molecular weight excluding hydrogens is 1010 g/mol. The van der Waals surface area contributed by atoms with E-state index in [1.165, 1.54) is 238 Å². The molecule has 0 heterocycles. The molecule has 0 aliphatic heterocycles. The lowest BCUT2D eigenvalue weighted by molar-refractivity contribution is -0.167. The van der Waals surface area contributed by atoms with Gasteiger partial charge in [-0.3, -0.25) is 14.4 Å². The monoisotopic (exact) mass is 1150 g/mol. The number of hydrogen-bond donors (Lipinski definition) is 0. The fraction of sp³-hybridized carbons (Fsp3) is 0.803. The van der Waals surface area contributed by atoms with Crippen molar-refractivity contribution in [2.24, 2.45) is 0 Å². The van der Waals surface area contributed by atoms with Crippen molar-refractivity contribution in [2.45, 2.75) is 380 Å². The second kappa shape index (κ2) is 70.3. The third-order valence-corrected chi connectivity index (χ3v) is 15.9. The Labute approximate surface area is 510 Å². The molecule has 82 heavy (non-hydrogen) atoms. The summed E-state index contributed by atoms with van der Waals surface area (Å²) in [7, 11) is 0. The second-order valence-electron chi connectivity index (χ2n) is 24.1. The molecule has 0 aliphatic carbocycles. The summed E-state index contributed by atoms with van der Waals surface area (Å²) in [6.45, 7) is 6.56. The highest BCUT2D eigenvalue weighted by molar-refractivity contribution is 5.71. The fourth-order valence-corrected chi connectivity index (χ4v) is 10.6. The van der Waals surface area contributed by atoms with Crippen molar-refractivity contribution in [3.05, 3.63) is 72.9 Å². The second-order valence-corrected chi connectivity index (χ2v) is 24.1. The minimum atomic E-state index is -0.791. The van der Waals surface area contributed by atoms with E-state index in [0.29, 0.717) is 19.3 Å².